The molecule has 1 N–H and O–H groups in total. The number of amides is 1. The number of nitrogens with one attached hydrogen (secondary N) is 1. The van der Waals surface area contributed by atoms with Crippen LogP contribution in [0.4, 0.5) is 4.39 Å². The van der Waals surface area contributed by atoms with Crippen LogP contribution in [0.2, 0.25) is 0 Å². The molecule has 1 amide bonds. The second-order valence-electron chi connectivity index (χ2n) is 3.16. The number of carbonyl (C=O) groups excluding carboxylic acids is 1. The predicted octanol–water partition coefficient (Wildman–Crippen LogP) is 1.90. The van der Waals surface area contributed by atoms with Gasteiger partial charge >= 0.3 is 0 Å². The van der Waals surface area contributed by atoms with Crippen molar-refractivity contribution in [2.75, 3.05) is 0 Å². The van der Waals surface area contributed by atoms with Crippen molar-refractivity contribution in [2.24, 2.45) is 0 Å². The minimum atomic E-state index is -0.489. The van der Waals surface area contributed by atoms with Gasteiger partial charge in [0.05, 0.1) is 11.0 Å². The third kappa shape index (κ3) is 2.88. The van der Waals surface area contributed by atoms with Gasteiger partial charge in [0.2, 0.25) is 6.39 Å². The molecule has 1 aromatic heterocycles. The van der Waals surface area contributed by atoms with Crippen molar-refractivity contribution in [1.29, 1.82) is 0 Å². The van der Waals surface area contributed by atoms with Crippen molar-refractivity contribution in [3.05, 3.63) is 46.3 Å². The van der Waals surface area contributed by atoms with Crippen LogP contribution in [0.5, 0.6) is 0 Å². The molecular weight excluding hydrogens is 293 g/mol. The number of nitrogens with zero attached hydrogens (tertiary/aromatic N) is 2. The first-order valence-electron chi connectivity index (χ1n) is 4.65. The lowest BCUT2D eigenvalue weighted by Crippen LogP contribution is -2.23. The van der Waals surface area contributed by atoms with E-state index in [-0.39, 0.29) is 12.1 Å². The van der Waals surface area contributed by atoms with Crippen LogP contribution >= 0.6 is 15.9 Å². The molecule has 17 heavy (non-hydrogen) atoms. The van der Waals surface area contributed by atoms with Crippen molar-refractivity contribution < 1.29 is 13.7 Å². The van der Waals surface area contributed by atoms with E-state index in [9.17, 15) is 9.18 Å². The summed E-state index contributed by atoms with van der Waals surface area (Å²) >= 11 is 3.01. The van der Waals surface area contributed by atoms with Gasteiger partial charge in [-0.3, -0.25) is 4.79 Å². The summed E-state index contributed by atoms with van der Waals surface area (Å²) in [6.45, 7) is 0.132. The molecule has 0 spiro atoms. The summed E-state index contributed by atoms with van der Waals surface area (Å²) in [5.74, 6) is -0.533. The van der Waals surface area contributed by atoms with Gasteiger partial charge in [0.1, 0.15) is 5.82 Å². The highest BCUT2D eigenvalue weighted by Gasteiger charge is 2.09. The fraction of sp³-hybridized carbons (Fsp3) is 0.100. The molecule has 1 aromatic carbocycles. The standard InChI is InChI=1S/C10H7BrFN3O2/c11-7-2-1-6(3-8(7)12)10(16)13-4-9-14-5-17-15-9/h1-3,5H,4H2,(H,13,16). The van der Waals surface area contributed by atoms with Crippen molar-refractivity contribution in [3.8, 4) is 0 Å². The van der Waals surface area contributed by atoms with Gasteiger partial charge in [-0.15, -0.1) is 0 Å². The molecule has 88 valence electrons. The highest BCUT2D eigenvalue weighted by atomic mass is 79.9. The molecule has 1 heterocycles. The molecule has 0 aliphatic heterocycles. The molecule has 0 radical (unpaired) electrons. The first-order chi connectivity index (χ1) is 8.16. The van der Waals surface area contributed by atoms with Gasteiger partial charge in [-0.1, -0.05) is 5.16 Å². The van der Waals surface area contributed by atoms with E-state index in [4.69, 9.17) is 0 Å². The molecule has 0 saturated carbocycles. The number of hydrogen-bond acceptors (Lipinski definition) is 4. The summed E-state index contributed by atoms with van der Waals surface area (Å²) < 4.78 is 18.0. The van der Waals surface area contributed by atoms with Gasteiger partial charge in [0.25, 0.3) is 5.91 Å². The van der Waals surface area contributed by atoms with Crippen LogP contribution in [-0.2, 0) is 6.54 Å². The van der Waals surface area contributed by atoms with Crippen LogP contribution in [-0.4, -0.2) is 16.0 Å². The van der Waals surface area contributed by atoms with Crippen LogP contribution in [0.1, 0.15) is 16.2 Å². The molecular formula is C10H7BrFN3O2. The Balaban J connectivity index is 2.02. The van der Waals surface area contributed by atoms with E-state index < -0.39 is 11.7 Å². The Labute approximate surface area is 104 Å². The van der Waals surface area contributed by atoms with Crippen molar-refractivity contribution >= 4 is 21.8 Å². The SMILES string of the molecule is O=C(NCc1ncon1)c1ccc(Br)c(F)c1. The predicted molar refractivity (Wildman–Crippen MR) is 59.6 cm³/mol. The lowest BCUT2D eigenvalue weighted by Gasteiger charge is -2.03. The highest BCUT2D eigenvalue weighted by Crippen LogP contribution is 2.16. The van der Waals surface area contributed by atoms with Crippen molar-refractivity contribution in [3.63, 3.8) is 0 Å². The molecule has 0 bridgehead atoms. The minimum Gasteiger partial charge on any atom is -0.345 e. The molecule has 0 unspecified atom stereocenters. The second-order valence-corrected chi connectivity index (χ2v) is 4.01. The molecule has 0 aliphatic carbocycles. The van der Waals surface area contributed by atoms with Gasteiger partial charge in [-0.05, 0) is 34.1 Å². The van der Waals surface area contributed by atoms with Crippen molar-refractivity contribution in [2.45, 2.75) is 6.54 Å². The zero-order valence-electron chi connectivity index (χ0n) is 8.48. The maximum atomic E-state index is 13.2. The third-order valence-electron chi connectivity index (χ3n) is 2.00. The maximum absolute atomic E-state index is 13.2. The summed E-state index contributed by atoms with van der Waals surface area (Å²) in [5, 5.41) is 6.07. The molecule has 0 saturated heterocycles. The van der Waals surface area contributed by atoms with Gasteiger partial charge in [0.15, 0.2) is 5.82 Å². The maximum Gasteiger partial charge on any atom is 0.251 e. The monoisotopic (exact) mass is 299 g/mol. The highest BCUT2D eigenvalue weighted by molar-refractivity contribution is 9.10. The van der Waals surface area contributed by atoms with E-state index >= 15 is 0 Å². The number of aromatic nitrogens is 2. The van der Waals surface area contributed by atoms with E-state index in [0.29, 0.717) is 10.3 Å². The number of carbonyl (C=O) groups is 1. The quantitative estimate of drug-likeness (QED) is 0.940. The van der Waals surface area contributed by atoms with Crippen LogP contribution in [0.25, 0.3) is 0 Å². The summed E-state index contributed by atoms with van der Waals surface area (Å²) in [6, 6.07) is 4.13. The van der Waals surface area contributed by atoms with Gasteiger partial charge in [-0.25, -0.2) is 4.39 Å². The zero-order valence-corrected chi connectivity index (χ0v) is 10.1. The summed E-state index contributed by atoms with van der Waals surface area (Å²) in [7, 11) is 0. The normalized spacial score (nSPS) is 10.2. The Morgan fingerprint density at radius 1 is 1.53 bits per heavy atom. The average molecular weight is 300 g/mol. The van der Waals surface area contributed by atoms with E-state index in [2.05, 4.69) is 35.9 Å². The topological polar surface area (TPSA) is 68.0 Å². The molecule has 0 fully saturated rings. The minimum absolute atomic E-state index is 0.132. The van der Waals surface area contributed by atoms with Gasteiger partial charge in [-0.2, -0.15) is 4.98 Å². The summed E-state index contributed by atoms with van der Waals surface area (Å²) in [5.41, 5.74) is 0.231. The average Bonchev–Trinajstić information content (AvgIpc) is 2.82. The molecule has 7 heteroatoms. The number of benzene rings is 1. The first-order valence-corrected chi connectivity index (χ1v) is 5.44. The number of hydrogen-bond donors (Lipinski definition) is 1. The third-order valence-corrected chi connectivity index (χ3v) is 2.64. The molecule has 2 aromatic rings. The molecule has 0 atom stereocenters. The summed E-state index contributed by atoms with van der Waals surface area (Å²) in [6.07, 6.45) is 1.17. The lowest BCUT2D eigenvalue weighted by atomic mass is 10.2. The Bertz CT molecular complexity index is 530. The first kappa shape index (κ1) is 11.7. The van der Waals surface area contributed by atoms with Gasteiger partial charge < -0.3 is 9.84 Å². The van der Waals surface area contributed by atoms with E-state index in [1.807, 2.05) is 0 Å². The van der Waals surface area contributed by atoms with Gasteiger partial charge in [0, 0.05) is 5.56 Å². The second kappa shape index (κ2) is 5.05. The Hall–Kier alpha value is -1.76. The Kier molecular flexibility index (Phi) is 3.48. The van der Waals surface area contributed by atoms with E-state index in [0.717, 1.165) is 6.07 Å². The fourth-order valence-corrected chi connectivity index (χ4v) is 1.42. The lowest BCUT2D eigenvalue weighted by molar-refractivity contribution is 0.0949. The smallest absolute Gasteiger partial charge is 0.251 e. The fourth-order valence-electron chi connectivity index (χ4n) is 1.17. The Morgan fingerprint density at radius 2 is 2.35 bits per heavy atom. The Morgan fingerprint density at radius 3 is 3.00 bits per heavy atom. The molecule has 2 rings (SSSR count). The van der Waals surface area contributed by atoms with E-state index in [1.165, 1.54) is 18.5 Å². The molecule has 0 aliphatic rings. The van der Waals surface area contributed by atoms with Crippen LogP contribution in [0.3, 0.4) is 0 Å². The van der Waals surface area contributed by atoms with Crippen LogP contribution in [0, 0.1) is 5.82 Å². The largest absolute Gasteiger partial charge is 0.345 e. The summed E-state index contributed by atoms with van der Waals surface area (Å²) in [4.78, 5) is 15.4. The van der Waals surface area contributed by atoms with Crippen LogP contribution < -0.4 is 5.32 Å². The zero-order chi connectivity index (χ0) is 12.3. The van der Waals surface area contributed by atoms with Crippen molar-refractivity contribution in [1.82, 2.24) is 15.5 Å². The van der Waals surface area contributed by atoms with E-state index in [1.54, 1.807) is 0 Å². The number of halogens is 2. The molecule has 5 nitrogen and oxygen atoms in total. The number of rotatable bonds is 3. The van der Waals surface area contributed by atoms with Crippen LogP contribution in [0.15, 0.2) is 33.6 Å².